The van der Waals surface area contributed by atoms with Gasteiger partial charge in [-0.25, -0.2) is 0 Å². The fourth-order valence-electron chi connectivity index (χ4n) is 2.49. The number of hydrogen-bond acceptors (Lipinski definition) is 4. The topological polar surface area (TPSA) is 60.5 Å². The van der Waals surface area contributed by atoms with Crippen LogP contribution in [0.3, 0.4) is 0 Å². The Kier molecular flexibility index (Phi) is 6.41. The highest BCUT2D eigenvalue weighted by Gasteiger charge is 2.05. The Morgan fingerprint density at radius 1 is 1.00 bits per heavy atom. The largest absolute Gasteiger partial charge is 0.492 e. The number of nitrogens with one attached hydrogen (secondary N) is 1. The molecule has 0 unspecified atom stereocenters. The van der Waals surface area contributed by atoms with Gasteiger partial charge in [-0.1, -0.05) is 18.2 Å². The third-order valence-electron chi connectivity index (χ3n) is 3.89. The number of carbonyl (C=O) groups is 1. The quantitative estimate of drug-likeness (QED) is 0.620. The van der Waals surface area contributed by atoms with E-state index < -0.39 is 0 Å². The molecule has 0 spiro atoms. The van der Waals surface area contributed by atoms with Gasteiger partial charge in [-0.05, 0) is 55.0 Å². The molecule has 0 aliphatic heterocycles. The van der Waals surface area contributed by atoms with E-state index >= 15 is 0 Å². The molecule has 5 heteroatoms. The number of aromatic nitrogens is 1. The molecule has 0 fully saturated rings. The zero-order chi connectivity index (χ0) is 18.9. The molecule has 5 nitrogen and oxygen atoms in total. The number of aryl methyl sites for hydroxylation is 1. The van der Waals surface area contributed by atoms with Crippen molar-refractivity contribution < 1.29 is 14.3 Å². The molecular formula is C22H22N2O3. The van der Waals surface area contributed by atoms with Gasteiger partial charge < -0.3 is 14.8 Å². The van der Waals surface area contributed by atoms with Crippen molar-refractivity contribution >= 4 is 5.91 Å². The molecular weight excluding hydrogens is 340 g/mol. The highest BCUT2D eigenvalue weighted by atomic mass is 16.5. The molecule has 1 aromatic heterocycles. The highest BCUT2D eigenvalue weighted by molar-refractivity contribution is 5.94. The van der Waals surface area contributed by atoms with Crippen molar-refractivity contribution in [1.82, 2.24) is 10.3 Å². The molecule has 3 rings (SSSR count). The van der Waals surface area contributed by atoms with Gasteiger partial charge in [0.15, 0.2) is 0 Å². The van der Waals surface area contributed by atoms with Crippen LogP contribution >= 0.6 is 0 Å². The number of ether oxygens (including phenoxy) is 2. The van der Waals surface area contributed by atoms with Crippen molar-refractivity contribution in [2.24, 2.45) is 0 Å². The first-order valence-electron chi connectivity index (χ1n) is 8.80. The van der Waals surface area contributed by atoms with Gasteiger partial charge in [0.05, 0.1) is 6.54 Å². The van der Waals surface area contributed by atoms with Crippen molar-refractivity contribution in [1.29, 1.82) is 0 Å². The van der Waals surface area contributed by atoms with Gasteiger partial charge >= 0.3 is 0 Å². The van der Waals surface area contributed by atoms with Gasteiger partial charge in [-0.3, -0.25) is 9.78 Å². The second-order valence-electron chi connectivity index (χ2n) is 6.10. The average Bonchev–Trinajstić information content (AvgIpc) is 2.71. The Hall–Kier alpha value is -3.34. The number of rotatable bonds is 8. The van der Waals surface area contributed by atoms with Gasteiger partial charge in [0.2, 0.25) is 0 Å². The van der Waals surface area contributed by atoms with E-state index in [-0.39, 0.29) is 5.91 Å². The lowest BCUT2D eigenvalue weighted by atomic mass is 10.2. The lowest BCUT2D eigenvalue weighted by Gasteiger charge is -2.09. The minimum absolute atomic E-state index is 0.137. The predicted molar refractivity (Wildman–Crippen MR) is 104 cm³/mol. The van der Waals surface area contributed by atoms with Gasteiger partial charge in [0.1, 0.15) is 24.7 Å². The monoisotopic (exact) mass is 362 g/mol. The second kappa shape index (κ2) is 9.38. The van der Waals surface area contributed by atoms with Crippen LogP contribution in [0.1, 0.15) is 21.5 Å². The molecule has 0 bridgehead atoms. The zero-order valence-corrected chi connectivity index (χ0v) is 15.2. The number of carbonyl (C=O) groups excluding carboxylic acids is 1. The van der Waals surface area contributed by atoms with Crippen LogP contribution in [0.2, 0.25) is 0 Å². The van der Waals surface area contributed by atoms with Crippen molar-refractivity contribution in [3.8, 4) is 11.5 Å². The van der Waals surface area contributed by atoms with Crippen LogP contribution in [0.4, 0.5) is 0 Å². The molecule has 0 saturated carbocycles. The van der Waals surface area contributed by atoms with Crippen LogP contribution < -0.4 is 14.8 Å². The molecule has 3 aromatic rings. The third kappa shape index (κ3) is 5.85. The molecule has 0 aliphatic rings. The lowest BCUT2D eigenvalue weighted by molar-refractivity contribution is 0.0947. The van der Waals surface area contributed by atoms with E-state index in [1.165, 1.54) is 0 Å². The standard InChI is InChI=1S/C22H22N2O3/c1-17-4-2-6-21(14-17)26-13-12-24-22(25)19-7-9-20(10-8-19)27-16-18-5-3-11-23-15-18/h2-11,14-15H,12-13,16H2,1H3,(H,24,25). The van der Waals surface area contributed by atoms with Gasteiger partial charge in [-0.2, -0.15) is 0 Å². The number of hydrogen-bond donors (Lipinski definition) is 1. The Bertz CT molecular complexity index is 864. The summed E-state index contributed by atoms with van der Waals surface area (Å²) in [5.74, 6) is 1.37. The second-order valence-corrected chi connectivity index (χ2v) is 6.10. The van der Waals surface area contributed by atoms with Crippen LogP contribution in [0.15, 0.2) is 73.1 Å². The van der Waals surface area contributed by atoms with Crippen molar-refractivity contribution in [3.63, 3.8) is 0 Å². The normalized spacial score (nSPS) is 10.3. The molecule has 2 aromatic carbocycles. The Balaban J connectivity index is 1.42. The zero-order valence-electron chi connectivity index (χ0n) is 15.2. The third-order valence-corrected chi connectivity index (χ3v) is 3.89. The fraction of sp³-hybridized carbons (Fsp3) is 0.182. The average molecular weight is 362 g/mol. The first kappa shape index (κ1) is 18.5. The summed E-state index contributed by atoms with van der Waals surface area (Å²) in [6.07, 6.45) is 3.49. The Morgan fingerprint density at radius 2 is 1.85 bits per heavy atom. The Morgan fingerprint density at radius 3 is 2.59 bits per heavy atom. The smallest absolute Gasteiger partial charge is 0.251 e. The molecule has 138 valence electrons. The summed E-state index contributed by atoms with van der Waals surface area (Å²) in [6, 6.07) is 18.7. The molecule has 0 radical (unpaired) electrons. The SMILES string of the molecule is Cc1cccc(OCCNC(=O)c2ccc(OCc3cccnc3)cc2)c1. The van der Waals surface area contributed by atoms with E-state index in [0.717, 1.165) is 16.9 Å². The molecule has 0 atom stereocenters. The van der Waals surface area contributed by atoms with E-state index in [9.17, 15) is 4.79 Å². The predicted octanol–water partition coefficient (Wildman–Crippen LogP) is 3.78. The van der Waals surface area contributed by atoms with Gasteiger partial charge in [0, 0.05) is 23.5 Å². The summed E-state index contributed by atoms with van der Waals surface area (Å²) in [6.45, 7) is 3.31. The summed E-state index contributed by atoms with van der Waals surface area (Å²) < 4.78 is 11.3. The molecule has 1 N–H and O–H groups in total. The van der Waals surface area contributed by atoms with Crippen LogP contribution in [0, 0.1) is 6.92 Å². The number of amides is 1. The van der Waals surface area contributed by atoms with Crippen molar-refractivity contribution in [2.45, 2.75) is 13.5 Å². The van der Waals surface area contributed by atoms with Crippen LogP contribution in [-0.2, 0) is 6.61 Å². The molecule has 1 amide bonds. The van der Waals surface area contributed by atoms with Gasteiger partial charge in [0.25, 0.3) is 5.91 Å². The van der Waals surface area contributed by atoms with E-state index in [4.69, 9.17) is 9.47 Å². The van der Waals surface area contributed by atoms with E-state index in [1.807, 2.05) is 43.3 Å². The summed E-state index contributed by atoms with van der Waals surface area (Å²) in [5, 5.41) is 2.85. The highest BCUT2D eigenvalue weighted by Crippen LogP contribution is 2.14. The summed E-state index contributed by atoms with van der Waals surface area (Å²) >= 11 is 0. The van der Waals surface area contributed by atoms with Crippen LogP contribution in [-0.4, -0.2) is 24.0 Å². The number of pyridine rings is 1. The van der Waals surface area contributed by atoms with Gasteiger partial charge in [-0.15, -0.1) is 0 Å². The summed E-state index contributed by atoms with van der Waals surface area (Å²) in [7, 11) is 0. The molecule has 27 heavy (non-hydrogen) atoms. The Labute approximate surface area is 159 Å². The van der Waals surface area contributed by atoms with Crippen molar-refractivity contribution in [3.05, 3.63) is 89.7 Å². The van der Waals surface area contributed by atoms with Crippen LogP contribution in [0.5, 0.6) is 11.5 Å². The van der Waals surface area contributed by atoms with Crippen LogP contribution in [0.25, 0.3) is 0 Å². The maximum atomic E-state index is 12.2. The fourth-order valence-corrected chi connectivity index (χ4v) is 2.49. The first-order chi connectivity index (χ1) is 13.2. The van der Waals surface area contributed by atoms with E-state index in [1.54, 1.807) is 36.7 Å². The summed E-state index contributed by atoms with van der Waals surface area (Å²) in [4.78, 5) is 16.2. The summed E-state index contributed by atoms with van der Waals surface area (Å²) in [5.41, 5.74) is 2.72. The minimum Gasteiger partial charge on any atom is -0.492 e. The van der Waals surface area contributed by atoms with E-state index in [2.05, 4.69) is 10.3 Å². The lowest BCUT2D eigenvalue weighted by Crippen LogP contribution is -2.28. The minimum atomic E-state index is -0.137. The first-order valence-corrected chi connectivity index (χ1v) is 8.80. The van der Waals surface area contributed by atoms with Crippen molar-refractivity contribution in [2.75, 3.05) is 13.2 Å². The molecule has 1 heterocycles. The maximum absolute atomic E-state index is 12.2. The number of benzene rings is 2. The maximum Gasteiger partial charge on any atom is 0.251 e. The molecule has 0 aliphatic carbocycles. The molecule has 0 saturated heterocycles. The number of nitrogens with zero attached hydrogens (tertiary/aromatic N) is 1. The van der Waals surface area contributed by atoms with E-state index in [0.29, 0.717) is 31.1 Å².